The Hall–Kier alpha value is -7.02. The first-order valence-corrected chi connectivity index (χ1v) is 21.7. The van der Waals surface area contributed by atoms with Crippen molar-refractivity contribution < 1.29 is 47.7 Å². The number of fused-ring (bicyclic) bond motifs is 2. The van der Waals surface area contributed by atoms with E-state index >= 15 is 0 Å². The average molecular weight is 887 g/mol. The Morgan fingerprint density at radius 1 is 0.815 bits per heavy atom. The molecule has 2 aromatic heterocycles. The molecule has 3 aromatic carbocycles. The van der Waals surface area contributed by atoms with E-state index in [1.807, 2.05) is 70.3 Å². The van der Waals surface area contributed by atoms with Crippen molar-refractivity contribution in [3.8, 4) is 28.5 Å². The summed E-state index contributed by atoms with van der Waals surface area (Å²) < 4.78 is 30.5. The van der Waals surface area contributed by atoms with E-state index in [-0.39, 0.29) is 54.9 Å². The first-order chi connectivity index (χ1) is 31.8. The summed E-state index contributed by atoms with van der Waals surface area (Å²) in [7, 11) is 0. The van der Waals surface area contributed by atoms with Crippen molar-refractivity contribution in [2.45, 2.75) is 50.6 Å². The fourth-order valence-corrected chi connectivity index (χ4v) is 8.06. The number of piperidine rings is 2. The maximum Gasteiger partial charge on any atom is 0.266 e. The number of nitrogens with two attached hydrogens (primary N) is 1. The number of rotatable bonds is 20. The van der Waals surface area contributed by atoms with Crippen molar-refractivity contribution in [1.82, 2.24) is 34.9 Å². The number of carbonyl (C=O) groups is 5. The van der Waals surface area contributed by atoms with Crippen LogP contribution in [0.5, 0.6) is 17.2 Å². The summed E-state index contributed by atoms with van der Waals surface area (Å²) in [5.74, 6) is -0.375. The molecular weight excluding hydrogens is 837 g/mol. The number of ether oxygens (including phenoxy) is 5. The Labute approximate surface area is 374 Å². The lowest BCUT2D eigenvalue weighted by Crippen LogP contribution is -2.54. The van der Waals surface area contributed by atoms with E-state index in [1.54, 1.807) is 18.2 Å². The van der Waals surface area contributed by atoms with Gasteiger partial charge in [0.2, 0.25) is 17.7 Å². The number of imide groups is 2. The molecule has 8 rings (SSSR count). The van der Waals surface area contributed by atoms with Gasteiger partial charge in [-0.25, -0.2) is 14.6 Å². The average Bonchev–Trinajstić information content (AvgIpc) is 3.83. The van der Waals surface area contributed by atoms with Gasteiger partial charge in [-0.1, -0.05) is 30.3 Å². The molecule has 3 aliphatic rings. The number of nitrogens with one attached hydrogen (secondary N) is 1. The molecule has 18 heteroatoms. The summed E-state index contributed by atoms with van der Waals surface area (Å²) in [4.78, 5) is 75.0. The molecule has 3 N–H and O–H groups in total. The van der Waals surface area contributed by atoms with Gasteiger partial charge in [-0.2, -0.15) is 5.10 Å². The van der Waals surface area contributed by atoms with Crippen LogP contribution in [0.3, 0.4) is 0 Å². The van der Waals surface area contributed by atoms with Crippen molar-refractivity contribution in [3.63, 3.8) is 0 Å². The van der Waals surface area contributed by atoms with Crippen molar-refractivity contribution in [3.05, 3.63) is 102 Å². The standard InChI is InChI=1S/C47H50N8O10/c48-43-41-42(31-15-17-34(18-16-31)65-33-10-3-1-4-11-33)52-55(44(41)50-30-49-43)32-9-8-21-53(29-32)39(57)14-5-2-6-22-61-23-24-62-25-26-63-27-28-64-37-13-7-12-35-40(37)47(60)54(46(35)59)36-19-20-38(56)51-45(36)58/h1,3-5,7,10-18,30,32,36H,2,6,8-9,19-29H2,(H2,48,49,50)(H,51,56,58)/b14-5+. The second kappa shape index (κ2) is 21.1. The molecule has 18 nitrogen and oxygen atoms in total. The van der Waals surface area contributed by atoms with Crippen LogP contribution in [-0.4, -0.2) is 124 Å². The van der Waals surface area contributed by atoms with E-state index in [0.717, 1.165) is 35.5 Å². The predicted molar refractivity (Wildman–Crippen MR) is 236 cm³/mol. The highest BCUT2D eigenvalue weighted by Gasteiger charge is 2.46. The monoisotopic (exact) mass is 886 g/mol. The van der Waals surface area contributed by atoms with Crippen LogP contribution in [0.15, 0.2) is 91.3 Å². The van der Waals surface area contributed by atoms with E-state index in [4.69, 9.17) is 34.5 Å². The fourth-order valence-electron chi connectivity index (χ4n) is 8.06. The number of aromatic nitrogens is 4. The topological polar surface area (TPSA) is 220 Å². The van der Waals surface area contributed by atoms with Gasteiger partial charge in [0.05, 0.1) is 55.6 Å². The van der Waals surface area contributed by atoms with Crippen LogP contribution < -0.4 is 20.5 Å². The van der Waals surface area contributed by atoms with Crippen molar-refractivity contribution in [1.29, 1.82) is 0 Å². The SMILES string of the molecule is Nc1ncnc2c1c(-c1ccc(Oc3ccccc3)cc1)nn2C1CCCN(C(=O)/C=C/CCCOCCOCCOCCOc2cccc3c2C(=O)N(C2CCC(=O)NC2=O)C3=O)C1. The molecule has 2 unspecified atom stereocenters. The molecule has 0 radical (unpaired) electrons. The quantitative estimate of drug-likeness (QED) is 0.0604. The highest BCUT2D eigenvalue weighted by molar-refractivity contribution is 6.24. The van der Waals surface area contributed by atoms with Gasteiger partial charge in [0.15, 0.2) is 5.65 Å². The number of nitrogens with zero attached hydrogens (tertiary/aromatic N) is 6. The number of anilines is 1. The zero-order chi connectivity index (χ0) is 45.1. The number of likely N-dealkylation sites (tertiary alicyclic amines) is 1. The lowest BCUT2D eigenvalue weighted by Gasteiger charge is -2.32. The van der Waals surface area contributed by atoms with Gasteiger partial charge in [-0.3, -0.25) is 34.2 Å². The zero-order valence-corrected chi connectivity index (χ0v) is 35.8. The Morgan fingerprint density at radius 2 is 1.55 bits per heavy atom. The minimum Gasteiger partial charge on any atom is -0.490 e. The lowest BCUT2D eigenvalue weighted by atomic mass is 10.0. The second-order valence-electron chi connectivity index (χ2n) is 15.6. The molecule has 5 amide bonds. The molecule has 5 aromatic rings. The molecule has 0 saturated carbocycles. The maximum absolute atomic E-state index is 13.2. The summed E-state index contributed by atoms with van der Waals surface area (Å²) in [5, 5.41) is 7.86. The molecular formula is C47H50N8O10. The first kappa shape index (κ1) is 44.6. The summed E-state index contributed by atoms with van der Waals surface area (Å²) in [5.41, 5.74) is 8.78. The van der Waals surface area contributed by atoms with Crippen molar-refractivity contribution in [2.24, 2.45) is 0 Å². The summed E-state index contributed by atoms with van der Waals surface area (Å²) in [6.45, 7) is 3.47. The minimum absolute atomic E-state index is 0.0421. The Kier molecular flexibility index (Phi) is 14.5. The van der Waals surface area contributed by atoms with Crippen LogP contribution in [0.25, 0.3) is 22.3 Å². The molecule has 65 heavy (non-hydrogen) atoms. The Bertz CT molecular complexity index is 2550. The molecule has 0 aliphatic carbocycles. The lowest BCUT2D eigenvalue weighted by molar-refractivity contribution is -0.136. The molecule has 0 spiro atoms. The van der Waals surface area contributed by atoms with Crippen molar-refractivity contribution in [2.75, 3.05) is 65.1 Å². The van der Waals surface area contributed by atoms with Crippen LogP contribution >= 0.6 is 0 Å². The summed E-state index contributed by atoms with van der Waals surface area (Å²) in [6.07, 6.45) is 8.16. The van der Waals surface area contributed by atoms with Crippen molar-refractivity contribution >= 4 is 46.4 Å². The van der Waals surface area contributed by atoms with Crippen LogP contribution in [0.4, 0.5) is 5.82 Å². The number of allylic oxidation sites excluding steroid dienone is 1. The van der Waals surface area contributed by atoms with Gasteiger partial charge < -0.3 is 34.3 Å². The van der Waals surface area contributed by atoms with E-state index in [2.05, 4.69) is 15.3 Å². The van der Waals surface area contributed by atoms with Gasteiger partial charge in [0, 0.05) is 31.7 Å². The van der Waals surface area contributed by atoms with E-state index in [9.17, 15) is 24.0 Å². The number of unbranched alkanes of at least 4 members (excludes halogenated alkanes) is 1. The number of nitrogen functional groups attached to an aromatic ring is 1. The Balaban J connectivity index is 0.700. The fraction of sp³-hybridized carbons (Fsp3) is 0.362. The van der Waals surface area contributed by atoms with E-state index < -0.39 is 29.7 Å². The third-order valence-electron chi connectivity index (χ3n) is 11.3. The van der Waals surface area contributed by atoms with E-state index in [1.165, 1.54) is 12.4 Å². The third-order valence-corrected chi connectivity index (χ3v) is 11.3. The first-order valence-electron chi connectivity index (χ1n) is 21.7. The Morgan fingerprint density at radius 3 is 2.32 bits per heavy atom. The normalized spacial score (nSPS) is 17.5. The highest BCUT2D eigenvalue weighted by atomic mass is 16.6. The van der Waals surface area contributed by atoms with Crippen LogP contribution in [0.2, 0.25) is 0 Å². The molecule has 5 heterocycles. The second-order valence-corrected chi connectivity index (χ2v) is 15.6. The van der Waals surface area contributed by atoms with Gasteiger partial charge >= 0.3 is 0 Å². The zero-order valence-electron chi connectivity index (χ0n) is 35.8. The highest BCUT2D eigenvalue weighted by Crippen LogP contribution is 2.36. The number of benzene rings is 3. The molecule has 3 aliphatic heterocycles. The molecule has 338 valence electrons. The van der Waals surface area contributed by atoms with Gasteiger partial charge in [0.1, 0.15) is 47.7 Å². The van der Waals surface area contributed by atoms with Gasteiger partial charge in [0.25, 0.3) is 11.8 Å². The smallest absolute Gasteiger partial charge is 0.266 e. The number of hydrogen-bond acceptors (Lipinski definition) is 14. The van der Waals surface area contributed by atoms with Crippen LogP contribution in [0, 0.1) is 0 Å². The number of hydrogen-bond donors (Lipinski definition) is 2. The number of para-hydroxylation sites is 1. The maximum atomic E-state index is 13.2. The number of carbonyl (C=O) groups excluding carboxylic acids is 5. The minimum atomic E-state index is -1.05. The predicted octanol–water partition coefficient (Wildman–Crippen LogP) is 4.90. The summed E-state index contributed by atoms with van der Waals surface area (Å²) >= 11 is 0. The molecule has 2 atom stereocenters. The van der Waals surface area contributed by atoms with Gasteiger partial charge in [-0.15, -0.1) is 0 Å². The molecule has 0 bridgehead atoms. The largest absolute Gasteiger partial charge is 0.490 e. The van der Waals surface area contributed by atoms with Crippen LogP contribution in [0.1, 0.15) is 65.3 Å². The van der Waals surface area contributed by atoms with E-state index in [0.29, 0.717) is 80.8 Å². The number of amides is 5. The molecule has 2 saturated heterocycles. The van der Waals surface area contributed by atoms with Gasteiger partial charge in [-0.05, 0) is 86.7 Å². The summed E-state index contributed by atoms with van der Waals surface area (Å²) in [6, 6.07) is 20.8. The third kappa shape index (κ3) is 10.5. The molecule has 2 fully saturated rings. The van der Waals surface area contributed by atoms with Crippen LogP contribution in [-0.2, 0) is 28.6 Å².